The molecule has 0 spiro atoms. The summed E-state index contributed by atoms with van der Waals surface area (Å²) in [5, 5.41) is 3.86. The van der Waals surface area contributed by atoms with Gasteiger partial charge in [0.1, 0.15) is 25.3 Å². The Bertz CT molecular complexity index is 594. The molecule has 0 heterocycles. The van der Waals surface area contributed by atoms with Crippen LogP contribution in [0.4, 0.5) is 4.39 Å². The zero-order chi connectivity index (χ0) is 14.4. The predicted molar refractivity (Wildman–Crippen MR) is 76.4 cm³/mol. The van der Waals surface area contributed by atoms with Crippen molar-refractivity contribution in [2.75, 3.05) is 7.11 Å². The van der Waals surface area contributed by atoms with Crippen LogP contribution in [0.2, 0.25) is 0 Å². The van der Waals surface area contributed by atoms with Gasteiger partial charge in [0.05, 0.1) is 5.71 Å². The summed E-state index contributed by atoms with van der Waals surface area (Å²) in [5.41, 5.74) is 2.27. The fourth-order valence-electron chi connectivity index (χ4n) is 1.76. The van der Waals surface area contributed by atoms with E-state index in [2.05, 4.69) is 5.16 Å². The van der Waals surface area contributed by atoms with Crippen molar-refractivity contribution in [2.24, 2.45) is 5.16 Å². The average Bonchev–Trinajstić information content (AvgIpc) is 2.47. The standard InChI is InChI=1S/C16H16FNO2/c1-12(18-19-2)13-7-9-15(10-8-13)20-11-14-5-3-4-6-16(14)17/h3-10H,11H2,1-2H3/b18-12-. The summed E-state index contributed by atoms with van der Waals surface area (Å²) in [6.45, 7) is 2.07. The first-order chi connectivity index (χ1) is 9.70. The molecule has 2 aromatic rings. The highest BCUT2D eigenvalue weighted by atomic mass is 19.1. The molecule has 4 heteroatoms. The van der Waals surface area contributed by atoms with E-state index in [1.165, 1.54) is 13.2 Å². The van der Waals surface area contributed by atoms with E-state index >= 15 is 0 Å². The Morgan fingerprint density at radius 1 is 1.10 bits per heavy atom. The number of ether oxygens (including phenoxy) is 1. The quantitative estimate of drug-likeness (QED) is 0.613. The lowest BCUT2D eigenvalue weighted by Crippen LogP contribution is -1.99. The van der Waals surface area contributed by atoms with Crippen molar-refractivity contribution in [3.8, 4) is 5.75 Å². The molecular weight excluding hydrogens is 257 g/mol. The second-order valence-electron chi connectivity index (χ2n) is 4.26. The van der Waals surface area contributed by atoms with Crippen LogP contribution in [0.1, 0.15) is 18.1 Å². The van der Waals surface area contributed by atoms with Crippen LogP contribution in [0.15, 0.2) is 53.7 Å². The summed E-state index contributed by atoms with van der Waals surface area (Å²) in [7, 11) is 1.51. The highest BCUT2D eigenvalue weighted by Crippen LogP contribution is 2.16. The van der Waals surface area contributed by atoms with Gasteiger partial charge in [-0.05, 0) is 42.8 Å². The van der Waals surface area contributed by atoms with Gasteiger partial charge in [-0.1, -0.05) is 23.4 Å². The molecule has 0 radical (unpaired) electrons. The van der Waals surface area contributed by atoms with E-state index in [0.29, 0.717) is 11.3 Å². The van der Waals surface area contributed by atoms with Crippen molar-refractivity contribution >= 4 is 5.71 Å². The average molecular weight is 273 g/mol. The SMILES string of the molecule is CO/N=C(/C)c1ccc(OCc2ccccc2F)cc1. The van der Waals surface area contributed by atoms with Crippen LogP contribution >= 0.6 is 0 Å². The topological polar surface area (TPSA) is 30.8 Å². The maximum Gasteiger partial charge on any atom is 0.129 e. The van der Waals surface area contributed by atoms with Gasteiger partial charge >= 0.3 is 0 Å². The maximum atomic E-state index is 13.4. The monoisotopic (exact) mass is 273 g/mol. The van der Waals surface area contributed by atoms with Crippen LogP contribution in [0.5, 0.6) is 5.75 Å². The van der Waals surface area contributed by atoms with Gasteiger partial charge in [-0.25, -0.2) is 4.39 Å². The van der Waals surface area contributed by atoms with Gasteiger partial charge in [0, 0.05) is 5.56 Å². The summed E-state index contributed by atoms with van der Waals surface area (Å²) >= 11 is 0. The minimum absolute atomic E-state index is 0.206. The van der Waals surface area contributed by atoms with Gasteiger partial charge in [0.25, 0.3) is 0 Å². The molecule has 0 bridgehead atoms. The van der Waals surface area contributed by atoms with E-state index < -0.39 is 0 Å². The van der Waals surface area contributed by atoms with Crippen molar-refractivity contribution < 1.29 is 14.0 Å². The van der Waals surface area contributed by atoms with Crippen LogP contribution in [-0.2, 0) is 11.4 Å². The van der Waals surface area contributed by atoms with E-state index in [9.17, 15) is 4.39 Å². The lowest BCUT2D eigenvalue weighted by molar-refractivity contribution is 0.213. The van der Waals surface area contributed by atoms with Crippen molar-refractivity contribution in [1.29, 1.82) is 0 Å². The molecule has 0 aliphatic heterocycles. The Morgan fingerprint density at radius 2 is 1.80 bits per heavy atom. The van der Waals surface area contributed by atoms with Crippen molar-refractivity contribution in [2.45, 2.75) is 13.5 Å². The molecule has 20 heavy (non-hydrogen) atoms. The van der Waals surface area contributed by atoms with Crippen molar-refractivity contribution in [3.63, 3.8) is 0 Å². The summed E-state index contributed by atoms with van der Waals surface area (Å²) in [6, 6.07) is 14.0. The fraction of sp³-hybridized carbons (Fsp3) is 0.188. The summed E-state index contributed by atoms with van der Waals surface area (Å²) in [4.78, 5) is 4.72. The number of oxime groups is 1. The first kappa shape index (κ1) is 14.1. The van der Waals surface area contributed by atoms with Crippen LogP contribution in [-0.4, -0.2) is 12.8 Å². The molecule has 0 saturated heterocycles. The molecule has 0 aliphatic rings. The van der Waals surface area contributed by atoms with Gasteiger partial charge in [0.15, 0.2) is 0 Å². The molecule has 0 aliphatic carbocycles. The second-order valence-corrected chi connectivity index (χ2v) is 4.26. The zero-order valence-electron chi connectivity index (χ0n) is 11.5. The van der Waals surface area contributed by atoms with Gasteiger partial charge in [-0.3, -0.25) is 0 Å². The minimum Gasteiger partial charge on any atom is -0.489 e. The molecule has 0 aromatic heterocycles. The Morgan fingerprint density at radius 3 is 2.45 bits per heavy atom. The summed E-state index contributed by atoms with van der Waals surface area (Å²) in [5.74, 6) is 0.425. The van der Waals surface area contributed by atoms with E-state index in [-0.39, 0.29) is 12.4 Å². The molecule has 0 fully saturated rings. The molecule has 0 unspecified atom stereocenters. The van der Waals surface area contributed by atoms with E-state index in [1.54, 1.807) is 18.2 Å². The van der Waals surface area contributed by atoms with E-state index in [4.69, 9.17) is 9.57 Å². The highest BCUT2D eigenvalue weighted by Gasteiger charge is 2.03. The molecule has 2 rings (SSSR count). The normalized spacial score (nSPS) is 11.2. The molecule has 104 valence electrons. The smallest absolute Gasteiger partial charge is 0.129 e. The second kappa shape index (κ2) is 6.70. The number of hydrogen-bond donors (Lipinski definition) is 0. The number of nitrogens with zero attached hydrogens (tertiary/aromatic N) is 1. The molecule has 0 saturated carbocycles. The molecule has 3 nitrogen and oxygen atoms in total. The zero-order valence-corrected chi connectivity index (χ0v) is 11.5. The maximum absolute atomic E-state index is 13.4. The van der Waals surface area contributed by atoms with Crippen LogP contribution in [0.25, 0.3) is 0 Å². The fourth-order valence-corrected chi connectivity index (χ4v) is 1.76. The third kappa shape index (κ3) is 3.57. The lowest BCUT2D eigenvalue weighted by atomic mass is 10.1. The van der Waals surface area contributed by atoms with Crippen molar-refractivity contribution in [1.82, 2.24) is 0 Å². The van der Waals surface area contributed by atoms with E-state index in [0.717, 1.165) is 11.3 Å². The lowest BCUT2D eigenvalue weighted by Gasteiger charge is -2.08. The van der Waals surface area contributed by atoms with Crippen LogP contribution in [0, 0.1) is 5.82 Å². The third-order valence-electron chi connectivity index (χ3n) is 2.85. The van der Waals surface area contributed by atoms with Gasteiger partial charge in [0.2, 0.25) is 0 Å². The molecule has 0 amide bonds. The van der Waals surface area contributed by atoms with Gasteiger partial charge < -0.3 is 9.57 Å². The summed E-state index contributed by atoms with van der Waals surface area (Å²) < 4.78 is 19.0. The number of hydrogen-bond acceptors (Lipinski definition) is 3. The Labute approximate surface area is 117 Å². The molecule has 0 atom stereocenters. The summed E-state index contributed by atoms with van der Waals surface area (Å²) in [6.07, 6.45) is 0. The Balaban J connectivity index is 2.01. The minimum atomic E-state index is -0.257. The van der Waals surface area contributed by atoms with Crippen LogP contribution < -0.4 is 4.74 Å². The molecular formula is C16H16FNO2. The third-order valence-corrected chi connectivity index (χ3v) is 2.85. The first-order valence-electron chi connectivity index (χ1n) is 6.25. The largest absolute Gasteiger partial charge is 0.489 e. The van der Waals surface area contributed by atoms with E-state index in [1.807, 2.05) is 31.2 Å². The van der Waals surface area contributed by atoms with Crippen LogP contribution in [0.3, 0.4) is 0 Å². The predicted octanol–water partition coefficient (Wildman–Crippen LogP) is 3.78. The van der Waals surface area contributed by atoms with Gasteiger partial charge in [-0.15, -0.1) is 0 Å². The van der Waals surface area contributed by atoms with Gasteiger partial charge in [-0.2, -0.15) is 0 Å². The first-order valence-corrected chi connectivity index (χ1v) is 6.25. The number of halogens is 1. The Hall–Kier alpha value is -2.36. The number of benzene rings is 2. The molecule has 2 aromatic carbocycles. The Kier molecular flexibility index (Phi) is 4.71. The highest BCUT2D eigenvalue weighted by molar-refractivity contribution is 5.98. The molecule has 0 N–H and O–H groups in total. The number of rotatable bonds is 5. The van der Waals surface area contributed by atoms with Crippen molar-refractivity contribution in [3.05, 3.63) is 65.5 Å².